The third-order valence-corrected chi connectivity index (χ3v) is 9.52. The predicted molar refractivity (Wildman–Crippen MR) is 247 cm³/mol. The van der Waals surface area contributed by atoms with Crippen LogP contribution in [0.3, 0.4) is 0 Å². The van der Waals surface area contributed by atoms with E-state index in [1.54, 1.807) is 0 Å². The van der Waals surface area contributed by atoms with Crippen LogP contribution in [-0.4, -0.2) is 37.2 Å². The number of hydrogen-bond acceptors (Lipinski definition) is 6. The first-order valence-electron chi connectivity index (χ1n) is 23.3. The number of hydrogen-bond donors (Lipinski definition) is 0. The van der Waals surface area contributed by atoms with Crippen LogP contribution in [0.5, 0.6) is 0 Å². The maximum Gasteiger partial charge on any atom is 0.306 e. The molecule has 6 heteroatoms. The van der Waals surface area contributed by atoms with Crippen molar-refractivity contribution in [1.29, 1.82) is 0 Å². The summed E-state index contributed by atoms with van der Waals surface area (Å²) in [6, 6.07) is 0. The van der Waals surface area contributed by atoms with Crippen molar-refractivity contribution in [2.45, 2.75) is 200 Å². The van der Waals surface area contributed by atoms with Crippen LogP contribution < -0.4 is 0 Å². The number of carbonyl (C=O) groups excluding carboxylic acids is 3. The molecule has 1 unspecified atom stereocenters. The van der Waals surface area contributed by atoms with Gasteiger partial charge in [0.2, 0.25) is 0 Å². The Balaban J connectivity index is 4.49. The zero-order valence-electron chi connectivity index (χ0n) is 37.3. The Morgan fingerprint density at radius 3 is 1.07 bits per heavy atom. The Kier molecular flexibility index (Phi) is 43.1. The van der Waals surface area contributed by atoms with E-state index in [-0.39, 0.29) is 31.1 Å². The first-order chi connectivity index (χ1) is 28.5. The number of unbranched alkanes of at least 4 members (excludes halogenated alkanes) is 19. The molecule has 0 radical (unpaired) electrons. The van der Waals surface area contributed by atoms with E-state index in [9.17, 15) is 14.4 Å². The molecule has 58 heavy (non-hydrogen) atoms. The van der Waals surface area contributed by atoms with Crippen molar-refractivity contribution >= 4 is 17.9 Å². The molecule has 0 saturated heterocycles. The van der Waals surface area contributed by atoms with E-state index in [2.05, 4.69) is 69.4 Å². The standard InChI is InChI=1S/C52H84O6/c1-4-7-10-13-16-19-22-24-26-28-30-33-36-39-42-45-51(54)57-48-49(47-56-50(53)44-41-38-35-32-21-18-15-12-9-6-3)58-52(55)46-43-40-37-34-31-29-27-25-23-20-17-14-11-8-5-2/h7-8,10-11,13-14,16-17,19-20,22-24,26,28,30,49H,4-6,9,12,15,18,21,25,27,29,31-48H2,1-3H3/b10-7-,11-8-,16-13-,17-14-,22-19-,23-20-,26-24-,30-28-. The number of esters is 3. The van der Waals surface area contributed by atoms with Gasteiger partial charge in [-0.1, -0.05) is 214 Å². The van der Waals surface area contributed by atoms with E-state index >= 15 is 0 Å². The van der Waals surface area contributed by atoms with Gasteiger partial charge in [-0.3, -0.25) is 14.4 Å². The highest BCUT2D eigenvalue weighted by Crippen LogP contribution is 2.14. The highest BCUT2D eigenvalue weighted by molar-refractivity contribution is 5.71. The normalized spacial score (nSPS) is 12.9. The number of allylic oxidation sites excluding steroid dienone is 16. The summed E-state index contributed by atoms with van der Waals surface area (Å²) in [7, 11) is 0. The van der Waals surface area contributed by atoms with Crippen molar-refractivity contribution in [3.63, 3.8) is 0 Å². The molecule has 0 aliphatic heterocycles. The minimum atomic E-state index is -0.799. The molecule has 0 fully saturated rings. The summed E-state index contributed by atoms with van der Waals surface area (Å²) in [6.45, 7) is 6.28. The van der Waals surface area contributed by atoms with E-state index in [1.165, 1.54) is 64.2 Å². The molecule has 0 amide bonds. The van der Waals surface area contributed by atoms with Gasteiger partial charge in [0.1, 0.15) is 13.2 Å². The van der Waals surface area contributed by atoms with Crippen molar-refractivity contribution in [2.75, 3.05) is 13.2 Å². The molecule has 0 N–H and O–H groups in total. The third-order valence-electron chi connectivity index (χ3n) is 9.52. The highest BCUT2D eigenvalue weighted by Gasteiger charge is 2.19. The fraction of sp³-hybridized carbons (Fsp3) is 0.635. The van der Waals surface area contributed by atoms with Gasteiger partial charge in [-0.15, -0.1) is 0 Å². The van der Waals surface area contributed by atoms with Crippen molar-refractivity contribution in [3.05, 3.63) is 97.2 Å². The summed E-state index contributed by atoms with van der Waals surface area (Å²) in [5.74, 6) is -0.961. The van der Waals surface area contributed by atoms with E-state index in [1.807, 2.05) is 48.6 Å². The van der Waals surface area contributed by atoms with Gasteiger partial charge in [-0.05, 0) is 57.8 Å². The lowest BCUT2D eigenvalue weighted by atomic mass is 10.1. The van der Waals surface area contributed by atoms with E-state index < -0.39 is 6.10 Å². The summed E-state index contributed by atoms with van der Waals surface area (Å²) in [5.41, 5.74) is 0. The Labute approximate surface area is 356 Å². The fourth-order valence-electron chi connectivity index (χ4n) is 6.05. The average Bonchev–Trinajstić information content (AvgIpc) is 3.22. The fourth-order valence-corrected chi connectivity index (χ4v) is 6.05. The highest BCUT2D eigenvalue weighted by atomic mass is 16.6. The van der Waals surface area contributed by atoms with E-state index in [4.69, 9.17) is 14.2 Å². The van der Waals surface area contributed by atoms with Gasteiger partial charge in [0.25, 0.3) is 0 Å². The lowest BCUT2D eigenvalue weighted by Gasteiger charge is -2.18. The summed E-state index contributed by atoms with van der Waals surface area (Å²) in [5, 5.41) is 0. The van der Waals surface area contributed by atoms with Crippen molar-refractivity contribution in [1.82, 2.24) is 0 Å². The summed E-state index contributed by atoms with van der Waals surface area (Å²) in [6.07, 6.45) is 59.6. The predicted octanol–water partition coefficient (Wildman–Crippen LogP) is 15.0. The van der Waals surface area contributed by atoms with Gasteiger partial charge in [-0.2, -0.15) is 0 Å². The lowest BCUT2D eigenvalue weighted by Crippen LogP contribution is -2.30. The van der Waals surface area contributed by atoms with Gasteiger partial charge >= 0.3 is 17.9 Å². The maximum absolute atomic E-state index is 12.7. The van der Waals surface area contributed by atoms with Crippen LogP contribution in [0.25, 0.3) is 0 Å². The molecule has 0 rings (SSSR count). The third kappa shape index (κ3) is 43.5. The first-order valence-corrected chi connectivity index (χ1v) is 23.3. The molecule has 0 heterocycles. The van der Waals surface area contributed by atoms with Crippen LogP contribution in [-0.2, 0) is 28.6 Å². The van der Waals surface area contributed by atoms with Gasteiger partial charge in [0.15, 0.2) is 6.10 Å². The maximum atomic E-state index is 12.7. The number of carbonyl (C=O) groups is 3. The molecular weight excluding hydrogens is 721 g/mol. The smallest absolute Gasteiger partial charge is 0.306 e. The molecule has 0 aromatic rings. The van der Waals surface area contributed by atoms with Gasteiger partial charge < -0.3 is 14.2 Å². The largest absolute Gasteiger partial charge is 0.462 e. The van der Waals surface area contributed by atoms with Crippen LogP contribution in [0, 0.1) is 0 Å². The molecule has 1 atom stereocenters. The molecular formula is C52H84O6. The molecule has 0 bridgehead atoms. The van der Waals surface area contributed by atoms with Crippen molar-refractivity contribution in [2.24, 2.45) is 0 Å². The molecule has 0 aromatic carbocycles. The molecule has 0 saturated carbocycles. The SMILES string of the molecule is CC\C=C/C=C\C=C/C=C\C=C/CCCCCC(=O)OCC(COC(=O)CCCCCCCCCCCC)OC(=O)CCCCCCCCC\C=C/C=C\C=C/CC. The Morgan fingerprint density at radius 2 is 0.672 bits per heavy atom. The minimum absolute atomic E-state index is 0.0967. The molecule has 0 aliphatic carbocycles. The molecule has 0 aromatic heterocycles. The Bertz CT molecular complexity index is 1200. The van der Waals surface area contributed by atoms with Crippen LogP contribution in [0.2, 0.25) is 0 Å². The average molecular weight is 805 g/mol. The number of ether oxygens (including phenoxy) is 3. The van der Waals surface area contributed by atoms with Crippen LogP contribution in [0.4, 0.5) is 0 Å². The minimum Gasteiger partial charge on any atom is -0.462 e. The van der Waals surface area contributed by atoms with Gasteiger partial charge in [0, 0.05) is 19.3 Å². The molecule has 6 nitrogen and oxygen atoms in total. The Hall–Kier alpha value is -3.67. The second-order valence-corrected chi connectivity index (χ2v) is 15.1. The second-order valence-electron chi connectivity index (χ2n) is 15.1. The molecule has 328 valence electrons. The van der Waals surface area contributed by atoms with Crippen LogP contribution in [0.15, 0.2) is 97.2 Å². The summed E-state index contributed by atoms with van der Waals surface area (Å²) in [4.78, 5) is 37.8. The summed E-state index contributed by atoms with van der Waals surface area (Å²) < 4.78 is 16.7. The topological polar surface area (TPSA) is 78.9 Å². The second kappa shape index (κ2) is 46.0. The van der Waals surface area contributed by atoms with Crippen LogP contribution >= 0.6 is 0 Å². The summed E-state index contributed by atoms with van der Waals surface area (Å²) >= 11 is 0. The first kappa shape index (κ1) is 54.3. The van der Waals surface area contributed by atoms with Crippen LogP contribution in [0.1, 0.15) is 194 Å². The van der Waals surface area contributed by atoms with E-state index in [0.717, 1.165) is 89.9 Å². The zero-order valence-corrected chi connectivity index (χ0v) is 37.3. The zero-order chi connectivity index (χ0) is 42.3. The van der Waals surface area contributed by atoms with Crippen molar-refractivity contribution < 1.29 is 28.6 Å². The van der Waals surface area contributed by atoms with Gasteiger partial charge in [0.05, 0.1) is 0 Å². The quantitative estimate of drug-likeness (QED) is 0.0266. The van der Waals surface area contributed by atoms with E-state index in [0.29, 0.717) is 19.3 Å². The monoisotopic (exact) mass is 805 g/mol. The van der Waals surface area contributed by atoms with Gasteiger partial charge in [-0.25, -0.2) is 0 Å². The van der Waals surface area contributed by atoms with Crippen molar-refractivity contribution in [3.8, 4) is 0 Å². The lowest BCUT2D eigenvalue weighted by molar-refractivity contribution is -0.167. The molecule has 0 aliphatic rings. The number of rotatable bonds is 40. The Morgan fingerprint density at radius 1 is 0.362 bits per heavy atom. The molecule has 0 spiro atoms.